The van der Waals surface area contributed by atoms with E-state index in [4.69, 9.17) is 9.84 Å². The Balaban J connectivity index is 1.52. The minimum Gasteiger partial charge on any atom is -0.475 e. The maximum Gasteiger partial charge on any atom is 0.240 e. The van der Waals surface area contributed by atoms with Crippen molar-refractivity contribution in [3.8, 4) is 5.88 Å². The number of ether oxygens (including phenoxy) is 1. The van der Waals surface area contributed by atoms with Gasteiger partial charge < -0.3 is 4.74 Å². The lowest BCUT2D eigenvalue weighted by Crippen LogP contribution is -2.33. The summed E-state index contributed by atoms with van der Waals surface area (Å²) < 4.78 is 8.18. The first-order valence-electron chi connectivity index (χ1n) is 9.66. The van der Waals surface area contributed by atoms with Crippen LogP contribution in [0.25, 0.3) is 10.9 Å². The molecule has 0 spiro atoms. The molecule has 3 aromatic rings. The fraction of sp³-hybridized carbons (Fsp3) is 0.409. The van der Waals surface area contributed by atoms with Crippen LogP contribution in [0.3, 0.4) is 0 Å². The molecule has 4 heteroatoms. The number of aryl methyl sites for hydroxylation is 1. The maximum atomic E-state index is 6.12. The van der Waals surface area contributed by atoms with E-state index in [9.17, 15) is 0 Å². The number of hydrogen-bond acceptors (Lipinski definition) is 3. The molecule has 0 bridgehead atoms. The molecule has 0 radical (unpaired) electrons. The number of benzene rings is 2. The summed E-state index contributed by atoms with van der Waals surface area (Å²) in [5.41, 5.74) is 3.61. The molecule has 26 heavy (non-hydrogen) atoms. The van der Waals surface area contributed by atoms with Gasteiger partial charge in [-0.15, -0.1) is 5.10 Å². The van der Waals surface area contributed by atoms with Gasteiger partial charge in [0.15, 0.2) is 0 Å². The van der Waals surface area contributed by atoms with E-state index >= 15 is 0 Å². The van der Waals surface area contributed by atoms with Gasteiger partial charge in [-0.05, 0) is 50.6 Å². The predicted octanol–water partition coefficient (Wildman–Crippen LogP) is 4.26. The number of likely N-dealkylation sites (tertiary alicyclic amines) is 1. The van der Waals surface area contributed by atoms with Crippen LogP contribution in [0.15, 0.2) is 48.5 Å². The van der Waals surface area contributed by atoms with E-state index in [2.05, 4.69) is 59.0 Å². The van der Waals surface area contributed by atoms with Crippen LogP contribution >= 0.6 is 0 Å². The Morgan fingerprint density at radius 3 is 2.62 bits per heavy atom. The molecular formula is C22H27N3O. The fourth-order valence-corrected chi connectivity index (χ4v) is 3.70. The average Bonchev–Trinajstić information content (AvgIpc) is 3.00. The fourth-order valence-electron chi connectivity index (χ4n) is 3.70. The standard InChI is InChI=1S/C22H27N3O/c1-18-10-11-21-20(16-18)22(26-15-14-24-12-6-3-7-13-24)23-25(21)17-19-8-4-2-5-9-19/h2,4-5,8-11,16H,3,6-7,12-15,17H2,1H3. The van der Waals surface area contributed by atoms with Crippen molar-refractivity contribution in [3.63, 3.8) is 0 Å². The van der Waals surface area contributed by atoms with Crippen molar-refractivity contribution >= 4 is 10.9 Å². The first kappa shape index (κ1) is 17.1. The molecular weight excluding hydrogens is 322 g/mol. The number of hydrogen-bond donors (Lipinski definition) is 0. The molecule has 0 amide bonds. The second-order valence-corrected chi connectivity index (χ2v) is 7.22. The maximum absolute atomic E-state index is 6.12. The summed E-state index contributed by atoms with van der Waals surface area (Å²) in [6.45, 7) is 6.96. The Bertz CT molecular complexity index is 850. The molecule has 4 nitrogen and oxygen atoms in total. The lowest BCUT2D eigenvalue weighted by Gasteiger charge is -2.25. The second kappa shape index (κ2) is 7.92. The first-order valence-corrected chi connectivity index (χ1v) is 9.66. The molecule has 1 aromatic heterocycles. The number of rotatable bonds is 6. The highest BCUT2D eigenvalue weighted by molar-refractivity contribution is 5.85. The van der Waals surface area contributed by atoms with Gasteiger partial charge in [0.25, 0.3) is 0 Å². The normalized spacial score (nSPS) is 15.4. The Morgan fingerprint density at radius 1 is 1.00 bits per heavy atom. The van der Waals surface area contributed by atoms with Crippen LogP contribution < -0.4 is 4.74 Å². The SMILES string of the molecule is Cc1ccc2c(c1)c(OCCN1CCCCC1)nn2Cc1ccccc1. The topological polar surface area (TPSA) is 30.3 Å². The molecule has 1 saturated heterocycles. The largest absolute Gasteiger partial charge is 0.475 e. The first-order chi connectivity index (χ1) is 12.8. The van der Waals surface area contributed by atoms with E-state index in [1.54, 1.807) is 0 Å². The van der Waals surface area contributed by atoms with E-state index in [0.717, 1.165) is 29.9 Å². The molecule has 1 fully saturated rings. The van der Waals surface area contributed by atoms with E-state index in [1.165, 1.54) is 43.5 Å². The summed E-state index contributed by atoms with van der Waals surface area (Å²) in [7, 11) is 0. The van der Waals surface area contributed by atoms with Crippen molar-refractivity contribution in [1.29, 1.82) is 0 Å². The van der Waals surface area contributed by atoms with Gasteiger partial charge in [-0.25, -0.2) is 0 Å². The van der Waals surface area contributed by atoms with E-state index < -0.39 is 0 Å². The summed E-state index contributed by atoms with van der Waals surface area (Å²) >= 11 is 0. The summed E-state index contributed by atoms with van der Waals surface area (Å²) in [6, 6.07) is 16.9. The summed E-state index contributed by atoms with van der Waals surface area (Å²) in [5.74, 6) is 0.761. The van der Waals surface area contributed by atoms with Crippen molar-refractivity contribution in [2.24, 2.45) is 0 Å². The third-order valence-corrected chi connectivity index (χ3v) is 5.14. The summed E-state index contributed by atoms with van der Waals surface area (Å²) in [4.78, 5) is 2.50. The Morgan fingerprint density at radius 2 is 1.81 bits per heavy atom. The zero-order chi connectivity index (χ0) is 17.8. The lowest BCUT2D eigenvalue weighted by atomic mass is 10.1. The molecule has 0 N–H and O–H groups in total. The number of nitrogens with zero attached hydrogens (tertiary/aromatic N) is 3. The molecule has 2 heterocycles. The zero-order valence-corrected chi connectivity index (χ0v) is 15.5. The lowest BCUT2D eigenvalue weighted by molar-refractivity contribution is 0.181. The van der Waals surface area contributed by atoms with Gasteiger partial charge in [0.05, 0.1) is 17.4 Å². The number of fused-ring (bicyclic) bond motifs is 1. The third kappa shape index (κ3) is 3.91. The smallest absolute Gasteiger partial charge is 0.240 e. The molecule has 136 valence electrons. The second-order valence-electron chi connectivity index (χ2n) is 7.22. The highest BCUT2D eigenvalue weighted by atomic mass is 16.5. The van der Waals surface area contributed by atoms with Gasteiger partial charge >= 0.3 is 0 Å². The molecule has 0 atom stereocenters. The minimum atomic E-state index is 0.700. The average molecular weight is 349 g/mol. The minimum absolute atomic E-state index is 0.700. The molecule has 2 aromatic carbocycles. The van der Waals surface area contributed by atoms with E-state index in [1.807, 2.05) is 6.07 Å². The highest BCUT2D eigenvalue weighted by Crippen LogP contribution is 2.27. The van der Waals surface area contributed by atoms with Gasteiger partial charge in [0, 0.05) is 6.54 Å². The van der Waals surface area contributed by atoms with Crippen molar-refractivity contribution in [3.05, 3.63) is 59.7 Å². The van der Waals surface area contributed by atoms with Crippen molar-refractivity contribution in [1.82, 2.24) is 14.7 Å². The number of piperidine rings is 1. The molecule has 0 aliphatic carbocycles. The van der Waals surface area contributed by atoms with Gasteiger partial charge in [-0.2, -0.15) is 0 Å². The monoisotopic (exact) mass is 349 g/mol. The van der Waals surface area contributed by atoms with Gasteiger partial charge in [-0.1, -0.05) is 48.4 Å². The van der Waals surface area contributed by atoms with E-state index in [-0.39, 0.29) is 0 Å². The van der Waals surface area contributed by atoms with Crippen molar-refractivity contribution < 1.29 is 4.74 Å². The van der Waals surface area contributed by atoms with Crippen LogP contribution in [-0.4, -0.2) is 40.9 Å². The quantitative estimate of drug-likeness (QED) is 0.666. The molecule has 4 rings (SSSR count). The highest BCUT2D eigenvalue weighted by Gasteiger charge is 2.14. The number of aromatic nitrogens is 2. The van der Waals surface area contributed by atoms with Gasteiger partial charge in [-0.3, -0.25) is 9.58 Å². The molecule has 1 aliphatic heterocycles. The molecule has 1 aliphatic rings. The van der Waals surface area contributed by atoms with Crippen LogP contribution in [0.5, 0.6) is 5.88 Å². The predicted molar refractivity (Wildman–Crippen MR) is 106 cm³/mol. The van der Waals surface area contributed by atoms with Gasteiger partial charge in [0.1, 0.15) is 6.61 Å². The van der Waals surface area contributed by atoms with Crippen LogP contribution in [0, 0.1) is 6.92 Å². The van der Waals surface area contributed by atoms with Crippen LogP contribution in [-0.2, 0) is 6.54 Å². The molecule has 0 saturated carbocycles. The van der Waals surface area contributed by atoms with E-state index in [0.29, 0.717) is 6.61 Å². The Kier molecular flexibility index (Phi) is 5.21. The zero-order valence-electron chi connectivity index (χ0n) is 15.5. The third-order valence-electron chi connectivity index (χ3n) is 5.14. The van der Waals surface area contributed by atoms with Gasteiger partial charge in [0.2, 0.25) is 5.88 Å². The molecule has 0 unspecified atom stereocenters. The van der Waals surface area contributed by atoms with Crippen molar-refractivity contribution in [2.45, 2.75) is 32.7 Å². The van der Waals surface area contributed by atoms with Crippen LogP contribution in [0.2, 0.25) is 0 Å². The Labute approximate surface area is 155 Å². The van der Waals surface area contributed by atoms with Crippen LogP contribution in [0.1, 0.15) is 30.4 Å². The summed E-state index contributed by atoms with van der Waals surface area (Å²) in [5, 5.41) is 5.90. The van der Waals surface area contributed by atoms with Crippen LogP contribution in [0.4, 0.5) is 0 Å². The summed E-state index contributed by atoms with van der Waals surface area (Å²) in [6.07, 6.45) is 3.99. The Hall–Kier alpha value is -2.33. The van der Waals surface area contributed by atoms with Crippen molar-refractivity contribution in [2.75, 3.05) is 26.2 Å².